The van der Waals surface area contributed by atoms with Gasteiger partial charge in [0.15, 0.2) is 0 Å². The minimum Gasteiger partial charge on any atom is -0.337 e. The maximum Gasteiger partial charge on any atom is 0.261 e. The molecule has 0 aliphatic heterocycles. The molecule has 3 aromatic rings. The summed E-state index contributed by atoms with van der Waals surface area (Å²) in [7, 11) is 0. The molecule has 0 N–H and O–H groups in total. The first-order chi connectivity index (χ1) is 10.2. The molecule has 0 aliphatic carbocycles. The van der Waals surface area contributed by atoms with Gasteiger partial charge in [-0.2, -0.15) is 0 Å². The molecular formula is C15H15ClN4O. The van der Waals surface area contributed by atoms with Gasteiger partial charge in [0.2, 0.25) is 0 Å². The van der Waals surface area contributed by atoms with Crippen molar-refractivity contribution in [3.8, 4) is 0 Å². The molecule has 0 amide bonds. The second-order valence-corrected chi connectivity index (χ2v) is 5.35. The molecule has 5 nitrogen and oxygen atoms in total. The predicted octanol–water partition coefficient (Wildman–Crippen LogP) is 2.73. The Morgan fingerprint density at radius 2 is 2.00 bits per heavy atom. The Hall–Kier alpha value is -2.14. The monoisotopic (exact) mass is 302 g/mol. The number of hydrogen-bond donors (Lipinski definition) is 0. The Balaban J connectivity index is 1.68. The number of hydrogen-bond acceptors (Lipinski definition) is 3. The number of rotatable bonds is 5. The van der Waals surface area contributed by atoms with Gasteiger partial charge in [0, 0.05) is 30.5 Å². The third-order valence-corrected chi connectivity index (χ3v) is 3.65. The molecule has 0 saturated heterocycles. The highest BCUT2D eigenvalue weighted by Crippen LogP contribution is 2.14. The number of aromatic nitrogens is 4. The van der Waals surface area contributed by atoms with Crippen molar-refractivity contribution < 1.29 is 0 Å². The van der Waals surface area contributed by atoms with Crippen LogP contribution in [-0.4, -0.2) is 19.1 Å². The molecule has 2 heterocycles. The lowest BCUT2D eigenvalue weighted by Gasteiger charge is -2.07. The molecule has 0 fully saturated rings. The van der Waals surface area contributed by atoms with Gasteiger partial charge in [-0.15, -0.1) is 0 Å². The van der Waals surface area contributed by atoms with Crippen LogP contribution in [0.4, 0.5) is 0 Å². The second kappa shape index (κ2) is 6.10. The number of unbranched alkanes of at least 4 members (excludes halogenated alkanes) is 1. The number of benzene rings is 1. The van der Waals surface area contributed by atoms with Gasteiger partial charge in [-0.25, -0.2) is 9.97 Å². The molecule has 2 aromatic heterocycles. The van der Waals surface area contributed by atoms with E-state index in [1.165, 1.54) is 0 Å². The Kier molecular flexibility index (Phi) is 4.01. The summed E-state index contributed by atoms with van der Waals surface area (Å²) in [6.45, 7) is 1.57. The number of nitrogens with zero attached hydrogens (tertiary/aromatic N) is 4. The minimum absolute atomic E-state index is 0.0145. The zero-order valence-corrected chi connectivity index (χ0v) is 12.2. The highest BCUT2D eigenvalue weighted by atomic mass is 35.5. The van der Waals surface area contributed by atoms with Gasteiger partial charge < -0.3 is 4.57 Å². The fraction of sp³-hybridized carbons (Fsp3) is 0.267. The first kappa shape index (κ1) is 13.8. The van der Waals surface area contributed by atoms with E-state index in [1.54, 1.807) is 41.6 Å². The van der Waals surface area contributed by atoms with Crippen molar-refractivity contribution in [2.24, 2.45) is 0 Å². The van der Waals surface area contributed by atoms with Crippen LogP contribution >= 0.6 is 11.6 Å². The van der Waals surface area contributed by atoms with Gasteiger partial charge in [0.1, 0.15) is 0 Å². The van der Waals surface area contributed by atoms with E-state index in [2.05, 4.69) is 9.97 Å². The predicted molar refractivity (Wildman–Crippen MR) is 82.5 cm³/mol. The Labute approximate surface area is 126 Å². The van der Waals surface area contributed by atoms with Gasteiger partial charge in [-0.1, -0.05) is 11.6 Å². The summed E-state index contributed by atoms with van der Waals surface area (Å²) in [4.78, 5) is 20.6. The summed E-state index contributed by atoms with van der Waals surface area (Å²) in [6.07, 6.45) is 9.00. The first-order valence-electron chi connectivity index (χ1n) is 6.84. The Bertz CT molecular complexity index is 795. The second-order valence-electron chi connectivity index (χ2n) is 4.91. The van der Waals surface area contributed by atoms with Crippen molar-refractivity contribution in [3.05, 3.63) is 58.6 Å². The van der Waals surface area contributed by atoms with Crippen LogP contribution in [0.2, 0.25) is 5.02 Å². The largest absolute Gasteiger partial charge is 0.337 e. The van der Waals surface area contributed by atoms with Crippen molar-refractivity contribution in [2.75, 3.05) is 0 Å². The third kappa shape index (κ3) is 3.13. The molecule has 0 bridgehead atoms. The summed E-state index contributed by atoms with van der Waals surface area (Å²) in [5.41, 5.74) is 0.626. The molecule has 6 heteroatoms. The molecule has 21 heavy (non-hydrogen) atoms. The summed E-state index contributed by atoms with van der Waals surface area (Å²) in [6, 6.07) is 5.16. The highest BCUT2D eigenvalue weighted by molar-refractivity contribution is 6.31. The minimum atomic E-state index is -0.0145. The normalized spacial score (nSPS) is 11.1. The summed E-state index contributed by atoms with van der Waals surface area (Å²) < 4.78 is 3.69. The van der Waals surface area contributed by atoms with Crippen LogP contribution in [0.3, 0.4) is 0 Å². The van der Waals surface area contributed by atoms with E-state index in [-0.39, 0.29) is 5.56 Å². The van der Waals surface area contributed by atoms with Gasteiger partial charge in [0.05, 0.1) is 23.6 Å². The zero-order valence-electron chi connectivity index (χ0n) is 11.4. The lowest BCUT2D eigenvalue weighted by atomic mass is 10.2. The molecule has 1 aromatic carbocycles. The first-order valence-corrected chi connectivity index (χ1v) is 7.22. The maximum atomic E-state index is 12.3. The van der Waals surface area contributed by atoms with Gasteiger partial charge >= 0.3 is 0 Å². The quantitative estimate of drug-likeness (QED) is 0.681. The van der Waals surface area contributed by atoms with E-state index in [9.17, 15) is 4.79 Å². The fourth-order valence-electron chi connectivity index (χ4n) is 2.29. The molecule has 0 radical (unpaired) electrons. The number of fused-ring (bicyclic) bond motifs is 1. The van der Waals surface area contributed by atoms with E-state index in [0.29, 0.717) is 22.5 Å². The molecule has 0 atom stereocenters. The van der Waals surface area contributed by atoms with E-state index in [0.717, 1.165) is 19.4 Å². The number of imidazole rings is 1. The van der Waals surface area contributed by atoms with E-state index >= 15 is 0 Å². The number of halogens is 1. The zero-order chi connectivity index (χ0) is 14.7. The van der Waals surface area contributed by atoms with Crippen molar-refractivity contribution in [3.63, 3.8) is 0 Å². The van der Waals surface area contributed by atoms with E-state index in [4.69, 9.17) is 11.6 Å². The lowest BCUT2D eigenvalue weighted by molar-refractivity contribution is 0.542. The van der Waals surface area contributed by atoms with Crippen molar-refractivity contribution in [1.29, 1.82) is 0 Å². The number of aryl methyl sites for hydroxylation is 2. The average molecular weight is 303 g/mol. The third-order valence-electron chi connectivity index (χ3n) is 3.41. The Morgan fingerprint density at radius 1 is 1.14 bits per heavy atom. The van der Waals surface area contributed by atoms with Crippen LogP contribution in [-0.2, 0) is 13.1 Å². The summed E-state index contributed by atoms with van der Waals surface area (Å²) in [5, 5.41) is 1.20. The van der Waals surface area contributed by atoms with E-state index in [1.807, 2.05) is 10.8 Å². The smallest absolute Gasteiger partial charge is 0.261 e. The average Bonchev–Trinajstić information content (AvgIpc) is 2.99. The molecule has 3 rings (SSSR count). The van der Waals surface area contributed by atoms with Crippen LogP contribution < -0.4 is 5.56 Å². The van der Waals surface area contributed by atoms with Crippen LogP contribution in [0.1, 0.15) is 12.8 Å². The maximum absolute atomic E-state index is 12.3. The molecule has 108 valence electrons. The van der Waals surface area contributed by atoms with Crippen LogP contribution in [0, 0.1) is 0 Å². The van der Waals surface area contributed by atoms with Crippen molar-refractivity contribution in [1.82, 2.24) is 19.1 Å². The molecule has 0 saturated carbocycles. The molecule has 0 unspecified atom stereocenters. The SMILES string of the molecule is O=c1c2ccc(Cl)cc2ncn1CCCCn1ccnc1. The fourth-order valence-corrected chi connectivity index (χ4v) is 2.45. The van der Waals surface area contributed by atoms with Crippen LogP contribution in [0.15, 0.2) is 48.0 Å². The van der Waals surface area contributed by atoms with Gasteiger partial charge in [-0.05, 0) is 31.0 Å². The summed E-state index contributed by atoms with van der Waals surface area (Å²) >= 11 is 5.91. The van der Waals surface area contributed by atoms with Crippen molar-refractivity contribution >= 4 is 22.5 Å². The topological polar surface area (TPSA) is 52.7 Å². The van der Waals surface area contributed by atoms with Crippen LogP contribution in [0.5, 0.6) is 0 Å². The molecule has 0 spiro atoms. The molecular weight excluding hydrogens is 288 g/mol. The van der Waals surface area contributed by atoms with Crippen molar-refractivity contribution in [2.45, 2.75) is 25.9 Å². The lowest BCUT2D eigenvalue weighted by Crippen LogP contribution is -2.20. The van der Waals surface area contributed by atoms with Gasteiger partial charge in [0.25, 0.3) is 5.56 Å². The standard InChI is InChI=1S/C15H15ClN4O/c16-12-3-4-13-14(9-12)18-11-20(15(13)21)7-2-1-6-19-8-5-17-10-19/h3-5,8-11H,1-2,6-7H2. The highest BCUT2D eigenvalue weighted by Gasteiger charge is 2.04. The molecule has 0 aliphatic rings. The van der Waals surface area contributed by atoms with Crippen LogP contribution in [0.25, 0.3) is 10.9 Å². The van der Waals surface area contributed by atoms with Gasteiger partial charge in [-0.3, -0.25) is 9.36 Å². The van der Waals surface area contributed by atoms with E-state index < -0.39 is 0 Å². The summed E-state index contributed by atoms with van der Waals surface area (Å²) in [5.74, 6) is 0. The Morgan fingerprint density at radius 3 is 2.81 bits per heavy atom.